The van der Waals surface area contributed by atoms with Crippen LogP contribution in [0.1, 0.15) is 10.7 Å². The van der Waals surface area contributed by atoms with Crippen molar-refractivity contribution in [2.24, 2.45) is 0 Å². The lowest BCUT2D eigenvalue weighted by Crippen LogP contribution is -2.51. The van der Waals surface area contributed by atoms with E-state index in [1.165, 1.54) is 11.3 Å². The summed E-state index contributed by atoms with van der Waals surface area (Å²) in [5, 5.41) is 8.47. The second kappa shape index (κ2) is 5.92. The average molecular weight is 268 g/mol. The highest BCUT2D eigenvalue weighted by molar-refractivity contribution is 7.09. The number of hydrogen-bond acceptors (Lipinski definition) is 5. The molecular weight excluding hydrogens is 252 g/mol. The number of nitrogens with zero attached hydrogens (tertiary/aromatic N) is 2. The molecule has 6 nitrogen and oxygen atoms in total. The average Bonchev–Trinajstić information content (AvgIpc) is 2.82. The number of amides is 2. The van der Waals surface area contributed by atoms with Gasteiger partial charge >= 0.3 is 11.8 Å². The van der Waals surface area contributed by atoms with Crippen LogP contribution in [0.5, 0.6) is 0 Å². The molecule has 0 aliphatic carbocycles. The zero-order valence-corrected chi connectivity index (χ0v) is 11.0. The first kappa shape index (κ1) is 13.0. The minimum atomic E-state index is -0.551. The predicted octanol–water partition coefficient (Wildman–Crippen LogP) is -0.500. The summed E-state index contributed by atoms with van der Waals surface area (Å²) in [5.74, 6) is -1.01. The van der Waals surface area contributed by atoms with E-state index < -0.39 is 11.8 Å². The molecule has 2 rings (SSSR count). The maximum absolute atomic E-state index is 11.8. The van der Waals surface area contributed by atoms with Gasteiger partial charge in [-0.1, -0.05) is 0 Å². The van der Waals surface area contributed by atoms with Gasteiger partial charge in [-0.25, -0.2) is 4.98 Å². The zero-order valence-electron chi connectivity index (χ0n) is 10.2. The van der Waals surface area contributed by atoms with Gasteiger partial charge in [0.2, 0.25) is 0 Å². The summed E-state index contributed by atoms with van der Waals surface area (Å²) >= 11 is 1.48. The van der Waals surface area contributed by atoms with E-state index in [9.17, 15) is 9.59 Å². The molecule has 1 aromatic rings. The Morgan fingerprint density at radius 2 is 2.22 bits per heavy atom. The summed E-state index contributed by atoms with van der Waals surface area (Å²) < 4.78 is 0. The molecule has 1 fully saturated rings. The zero-order chi connectivity index (χ0) is 13.0. The highest BCUT2D eigenvalue weighted by Gasteiger charge is 2.22. The van der Waals surface area contributed by atoms with Crippen molar-refractivity contribution in [3.05, 3.63) is 16.1 Å². The largest absolute Gasteiger partial charge is 0.341 e. The molecule has 0 bridgehead atoms. The number of hydrogen-bond donors (Lipinski definition) is 2. The van der Waals surface area contributed by atoms with Crippen molar-refractivity contribution in [2.45, 2.75) is 13.5 Å². The molecule has 0 atom stereocenters. The Morgan fingerprint density at radius 3 is 2.83 bits per heavy atom. The first-order valence-electron chi connectivity index (χ1n) is 5.85. The molecule has 1 aliphatic rings. The maximum atomic E-state index is 11.8. The second-order valence-electron chi connectivity index (χ2n) is 4.11. The maximum Gasteiger partial charge on any atom is 0.311 e. The monoisotopic (exact) mass is 268 g/mol. The summed E-state index contributed by atoms with van der Waals surface area (Å²) in [7, 11) is 0. The number of piperazine rings is 1. The van der Waals surface area contributed by atoms with Crippen LogP contribution in [-0.4, -0.2) is 47.9 Å². The number of carbonyl (C=O) groups excluding carboxylic acids is 2. The molecule has 7 heteroatoms. The number of aromatic nitrogens is 1. The van der Waals surface area contributed by atoms with E-state index in [1.807, 2.05) is 12.3 Å². The quantitative estimate of drug-likeness (QED) is 0.709. The highest BCUT2D eigenvalue weighted by Crippen LogP contribution is 2.07. The fraction of sp³-hybridized carbons (Fsp3) is 0.545. The van der Waals surface area contributed by atoms with Crippen LogP contribution in [0.25, 0.3) is 0 Å². The Balaban J connectivity index is 1.81. The molecular formula is C11H16N4O2S. The number of rotatable bonds is 2. The fourth-order valence-corrected chi connectivity index (χ4v) is 2.44. The molecule has 2 heterocycles. The number of thiazole rings is 1. The van der Waals surface area contributed by atoms with Crippen LogP contribution >= 0.6 is 11.3 Å². The lowest BCUT2D eigenvalue weighted by Gasteiger charge is -2.26. The van der Waals surface area contributed by atoms with Crippen LogP contribution in [0.3, 0.4) is 0 Å². The van der Waals surface area contributed by atoms with Gasteiger partial charge in [0, 0.05) is 37.3 Å². The van der Waals surface area contributed by atoms with Gasteiger partial charge in [0.1, 0.15) is 5.01 Å². The van der Waals surface area contributed by atoms with Crippen LogP contribution in [0.15, 0.2) is 5.38 Å². The SMILES string of the molecule is Cc1csc(CNC(=O)C(=O)N2CCNCC2)n1. The summed E-state index contributed by atoms with van der Waals surface area (Å²) in [6.07, 6.45) is 0. The van der Waals surface area contributed by atoms with Crippen LogP contribution < -0.4 is 10.6 Å². The Labute approximate surface area is 109 Å². The van der Waals surface area contributed by atoms with E-state index in [0.717, 1.165) is 23.8 Å². The van der Waals surface area contributed by atoms with E-state index in [0.29, 0.717) is 19.6 Å². The Hall–Kier alpha value is -1.47. The van der Waals surface area contributed by atoms with E-state index >= 15 is 0 Å². The van der Waals surface area contributed by atoms with Gasteiger partial charge in [-0.3, -0.25) is 9.59 Å². The van der Waals surface area contributed by atoms with Gasteiger partial charge < -0.3 is 15.5 Å². The Kier molecular flexibility index (Phi) is 4.27. The summed E-state index contributed by atoms with van der Waals surface area (Å²) in [4.78, 5) is 29.3. The summed E-state index contributed by atoms with van der Waals surface area (Å²) in [6.45, 7) is 4.86. The first-order valence-corrected chi connectivity index (χ1v) is 6.73. The molecule has 1 aliphatic heterocycles. The molecule has 2 N–H and O–H groups in total. The molecule has 98 valence electrons. The highest BCUT2D eigenvalue weighted by atomic mass is 32.1. The summed E-state index contributed by atoms with van der Waals surface area (Å²) in [5.41, 5.74) is 0.928. The van der Waals surface area contributed by atoms with Crippen molar-refractivity contribution in [1.82, 2.24) is 20.5 Å². The Bertz CT molecular complexity index is 440. The molecule has 2 amide bonds. The van der Waals surface area contributed by atoms with Crippen molar-refractivity contribution in [1.29, 1.82) is 0 Å². The van der Waals surface area contributed by atoms with Gasteiger partial charge in [0.05, 0.1) is 6.54 Å². The third-order valence-corrected chi connectivity index (χ3v) is 3.63. The van der Waals surface area contributed by atoms with E-state index in [2.05, 4.69) is 15.6 Å². The lowest BCUT2D eigenvalue weighted by atomic mass is 10.3. The van der Waals surface area contributed by atoms with Crippen molar-refractivity contribution in [2.75, 3.05) is 26.2 Å². The van der Waals surface area contributed by atoms with Crippen LogP contribution in [0.2, 0.25) is 0 Å². The number of carbonyl (C=O) groups is 2. The first-order chi connectivity index (χ1) is 8.66. The van der Waals surface area contributed by atoms with Crippen molar-refractivity contribution < 1.29 is 9.59 Å². The number of nitrogens with one attached hydrogen (secondary N) is 2. The Morgan fingerprint density at radius 1 is 1.50 bits per heavy atom. The van der Waals surface area contributed by atoms with Crippen molar-refractivity contribution in [3.8, 4) is 0 Å². The number of aryl methyl sites for hydroxylation is 1. The van der Waals surface area contributed by atoms with Crippen LogP contribution in [0, 0.1) is 6.92 Å². The van der Waals surface area contributed by atoms with Crippen molar-refractivity contribution >= 4 is 23.2 Å². The minimum Gasteiger partial charge on any atom is -0.341 e. The molecule has 0 spiro atoms. The smallest absolute Gasteiger partial charge is 0.311 e. The molecule has 0 saturated carbocycles. The molecule has 0 unspecified atom stereocenters. The molecule has 0 aromatic carbocycles. The lowest BCUT2D eigenvalue weighted by molar-refractivity contribution is -0.146. The molecule has 0 radical (unpaired) electrons. The van der Waals surface area contributed by atoms with Gasteiger partial charge in [-0.15, -0.1) is 11.3 Å². The van der Waals surface area contributed by atoms with E-state index in [4.69, 9.17) is 0 Å². The van der Waals surface area contributed by atoms with Gasteiger partial charge in [-0.2, -0.15) is 0 Å². The fourth-order valence-electron chi connectivity index (χ4n) is 1.73. The van der Waals surface area contributed by atoms with E-state index in [1.54, 1.807) is 4.90 Å². The predicted molar refractivity (Wildman–Crippen MR) is 68.1 cm³/mol. The second-order valence-corrected chi connectivity index (χ2v) is 5.05. The summed E-state index contributed by atoms with van der Waals surface area (Å²) in [6, 6.07) is 0. The van der Waals surface area contributed by atoms with Gasteiger partial charge in [0.15, 0.2) is 0 Å². The van der Waals surface area contributed by atoms with Crippen molar-refractivity contribution in [3.63, 3.8) is 0 Å². The molecule has 18 heavy (non-hydrogen) atoms. The van der Waals surface area contributed by atoms with Crippen LogP contribution in [0.4, 0.5) is 0 Å². The molecule has 1 aromatic heterocycles. The minimum absolute atomic E-state index is 0.315. The molecule has 1 saturated heterocycles. The third kappa shape index (κ3) is 3.27. The standard InChI is InChI=1S/C11H16N4O2S/c1-8-7-18-9(14-8)6-13-10(16)11(17)15-4-2-12-3-5-15/h7,12H,2-6H2,1H3,(H,13,16). The van der Waals surface area contributed by atoms with Gasteiger partial charge in [0.25, 0.3) is 0 Å². The third-order valence-electron chi connectivity index (χ3n) is 2.67. The van der Waals surface area contributed by atoms with E-state index in [-0.39, 0.29) is 0 Å². The topological polar surface area (TPSA) is 74.3 Å². The normalized spacial score (nSPS) is 15.5. The van der Waals surface area contributed by atoms with Gasteiger partial charge in [-0.05, 0) is 6.92 Å². The van der Waals surface area contributed by atoms with Crippen LogP contribution in [-0.2, 0) is 16.1 Å².